The molecule has 6 heteroatoms. The summed E-state index contributed by atoms with van der Waals surface area (Å²) in [5, 5.41) is 10.6. The first-order valence-corrected chi connectivity index (χ1v) is 13.6. The van der Waals surface area contributed by atoms with E-state index in [1.165, 1.54) is 24.9 Å². The lowest BCUT2D eigenvalue weighted by Gasteiger charge is -2.17. The molecular weight excluding hydrogens is 408 g/mol. The number of methoxy groups -OCH3 is 2. The van der Waals surface area contributed by atoms with E-state index >= 15 is 0 Å². The molecule has 1 atom stereocenters. The van der Waals surface area contributed by atoms with Gasteiger partial charge in [-0.15, -0.1) is 0 Å². The molecule has 2 rings (SSSR count). The van der Waals surface area contributed by atoms with E-state index in [0.717, 1.165) is 11.6 Å². The fourth-order valence-corrected chi connectivity index (χ4v) is 6.79. The predicted molar refractivity (Wildman–Crippen MR) is 128 cm³/mol. The molecule has 0 spiro atoms. The van der Waals surface area contributed by atoms with Crippen LogP contribution in [0.3, 0.4) is 0 Å². The Morgan fingerprint density at radius 1 is 0.935 bits per heavy atom. The van der Waals surface area contributed by atoms with Gasteiger partial charge in [-0.05, 0) is 48.4 Å². The fourth-order valence-electron chi connectivity index (χ4n) is 3.84. The second-order valence-corrected chi connectivity index (χ2v) is 11.4. The minimum Gasteiger partial charge on any atom is -0.496 e. The minimum atomic E-state index is -1.28. The van der Waals surface area contributed by atoms with E-state index < -0.39 is 20.7 Å². The highest BCUT2D eigenvalue weighted by Crippen LogP contribution is 2.31. The number of benzene rings is 2. The SMILES string of the molecule is CCC[SiH](CCC)CCOc1ccc(C(=O)C(O)c2ccc(C)c(OC)c2)cc1OC. The molecule has 0 saturated heterocycles. The number of Topliss-reactive ketones (excluding diaryl/α,β-unsaturated/α-hetero) is 1. The van der Waals surface area contributed by atoms with Crippen molar-refractivity contribution in [2.24, 2.45) is 0 Å². The van der Waals surface area contributed by atoms with Crippen LogP contribution in [0.25, 0.3) is 0 Å². The van der Waals surface area contributed by atoms with Crippen molar-refractivity contribution in [3.8, 4) is 17.2 Å². The number of carbonyl (C=O) groups is 1. The van der Waals surface area contributed by atoms with Crippen molar-refractivity contribution in [3.05, 3.63) is 53.1 Å². The van der Waals surface area contributed by atoms with E-state index in [0.29, 0.717) is 35.0 Å². The van der Waals surface area contributed by atoms with E-state index in [2.05, 4.69) is 13.8 Å². The van der Waals surface area contributed by atoms with Crippen LogP contribution in [0.1, 0.15) is 54.3 Å². The van der Waals surface area contributed by atoms with Crippen molar-refractivity contribution in [3.63, 3.8) is 0 Å². The van der Waals surface area contributed by atoms with Crippen molar-refractivity contribution in [1.29, 1.82) is 0 Å². The van der Waals surface area contributed by atoms with Crippen molar-refractivity contribution in [1.82, 2.24) is 0 Å². The molecule has 2 aromatic rings. The highest BCUT2D eigenvalue weighted by atomic mass is 28.3. The van der Waals surface area contributed by atoms with E-state index in [1.54, 1.807) is 44.6 Å². The zero-order valence-corrected chi connectivity index (χ0v) is 20.6. The lowest BCUT2D eigenvalue weighted by atomic mass is 9.98. The summed E-state index contributed by atoms with van der Waals surface area (Å²) in [6.45, 7) is 7.08. The Balaban J connectivity index is 2.10. The number of rotatable bonds is 13. The summed E-state index contributed by atoms with van der Waals surface area (Å²) in [4.78, 5) is 12.9. The van der Waals surface area contributed by atoms with Gasteiger partial charge in [0.1, 0.15) is 11.9 Å². The third-order valence-corrected chi connectivity index (χ3v) is 9.46. The first-order valence-electron chi connectivity index (χ1n) is 11.1. The van der Waals surface area contributed by atoms with Gasteiger partial charge in [0.15, 0.2) is 17.3 Å². The lowest BCUT2D eigenvalue weighted by molar-refractivity contribution is 0.0746. The van der Waals surface area contributed by atoms with Crippen molar-refractivity contribution < 1.29 is 24.1 Å². The van der Waals surface area contributed by atoms with Gasteiger partial charge in [0, 0.05) is 14.4 Å². The zero-order valence-electron chi connectivity index (χ0n) is 19.4. The van der Waals surface area contributed by atoms with Gasteiger partial charge in [0.25, 0.3) is 0 Å². The molecule has 1 unspecified atom stereocenters. The molecule has 0 radical (unpaired) electrons. The van der Waals surface area contributed by atoms with Crippen LogP contribution >= 0.6 is 0 Å². The molecular formula is C25H36O5Si. The maximum Gasteiger partial charge on any atom is 0.195 e. The number of aliphatic hydroxyl groups excluding tert-OH is 1. The Hall–Kier alpha value is -2.31. The second-order valence-electron chi connectivity index (χ2n) is 7.94. The van der Waals surface area contributed by atoms with Crippen LogP contribution in [0.2, 0.25) is 18.1 Å². The molecule has 5 nitrogen and oxygen atoms in total. The number of ketones is 1. The summed E-state index contributed by atoms with van der Waals surface area (Å²) >= 11 is 0. The Labute approximate surface area is 188 Å². The average molecular weight is 445 g/mol. The molecule has 2 aromatic carbocycles. The summed E-state index contributed by atoms with van der Waals surface area (Å²) in [5.41, 5.74) is 1.81. The van der Waals surface area contributed by atoms with Crippen LogP contribution in [-0.2, 0) is 0 Å². The first-order chi connectivity index (χ1) is 14.9. The molecule has 0 heterocycles. The van der Waals surface area contributed by atoms with E-state index in [-0.39, 0.29) is 0 Å². The van der Waals surface area contributed by atoms with Gasteiger partial charge >= 0.3 is 0 Å². The second kappa shape index (κ2) is 12.5. The lowest BCUT2D eigenvalue weighted by Crippen LogP contribution is -2.16. The minimum absolute atomic E-state index is 0.375. The molecule has 170 valence electrons. The first kappa shape index (κ1) is 25.0. The Morgan fingerprint density at radius 3 is 2.23 bits per heavy atom. The maximum atomic E-state index is 12.9. The summed E-state index contributed by atoms with van der Waals surface area (Å²) in [6, 6.07) is 14.2. The molecule has 0 bridgehead atoms. The van der Waals surface area contributed by atoms with Crippen LogP contribution in [0.5, 0.6) is 17.2 Å². The van der Waals surface area contributed by atoms with Gasteiger partial charge in [-0.25, -0.2) is 0 Å². The standard InChI is InChI=1S/C25H36O5Si/c1-6-13-31(14-7-2)15-12-30-21-11-10-20(17-23(21)29-5)25(27)24(26)19-9-8-18(3)22(16-19)28-4/h8-11,16-17,24,26,31H,6-7,12-15H2,1-5H3. The van der Waals surface area contributed by atoms with Crippen LogP contribution in [0.4, 0.5) is 0 Å². The van der Waals surface area contributed by atoms with Gasteiger partial charge in [-0.1, -0.05) is 50.9 Å². The molecule has 0 aliphatic rings. The molecule has 0 aliphatic carbocycles. The van der Waals surface area contributed by atoms with Gasteiger partial charge in [0.2, 0.25) is 0 Å². The number of carbonyl (C=O) groups excluding carboxylic acids is 1. The predicted octanol–water partition coefficient (Wildman–Crippen LogP) is 5.35. The Kier molecular flexibility index (Phi) is 10.1. The number of hydrogen-bond acceptors (Lipinski definition) is 5. The van der Waals surface area contributed by atoms with Crippen LogP contribution in [0, 0.1) is 6.92 Å². The largest absolute Gasteiger partial charge is 0.496 e. The molecule has 0 saturated carbocycles. The number of aliphatic hydroxyl groups is 1. The van der Waals surface area contributed by atoms with Crippen LogP contribution in [0.15, 0.2) is 36.4 Å². The third kappa shape index (κ3) is 6.84. The van der Waals surface area contributed by atoms with Crippen molar-refractivity contribution in [2.75, 3.05) is 20.8 Å². The molecule has 31 heavy (non-hydrogen) atoms. The summed E-state index contributed by atoms with van der Waals surface area (Å²) < 4.78 is 16.8. The van der Waals surface area contributed by atoms with Gasteiger partial charge in [-0.3, -0.25) is 4.79 Å². The molecule has 0 aromatic heterocycles. The smallest absolute Gasteiger partial charge is 0.195 e. The van der Waals surface area contributed by atoms with Gasteiger partial charge in [-0.2, -0.15) is 0 Å². The van der Waals surface area contributed by atoms with Gasteiger partial charge in [0.05, 0.1) is 20.8 Å². The highest BCUT2D eigenvalue weighted by Gasteiger charge is 2.22. The summed E-state index contributed by atoms with van der Waals surface area (Å²) in [6.07, 6.45) is 1.21. The monoisotopic (exact) mass is 444 g/mol. The van der Waals surface area contributed by atoms with E-state index in [1.807, 2.05) is 13.0 Å². The summed E-state index contributed by atoms with van der Waals surface area (Å²) in [5.74, 6) is 1.38. The zero-order chi connectivity index (χ0) is 22.8. The quantitative estimate of drug-likeness (QED) is 0.333. The molecule has 0 amide bonds. The highest BCUT2D eigenvalue weighted by molar-refractivity contribution is 6.58. The molecule has 0 fully saturated rings. The Morgan fingerprint density at radius 2 is 1.61 bits per heavy atom. The maximum absolute atomic E-state index is 12.9. The van der Waals surface area contributed by atoms with E-state index in [9.17, 15) is 9.90 Å². The van der Waals surface area contributed by atoms with Crippen molar-refractivity contribution >= 4 is 14.6 Å². The average Bonchev–Trinajstić information content (AvgIpc) is 2.78. The van der Waals surface area contributed by atoms with Gasteiger partial charge < -0.3 is 19.3 Å². The van der Waals surface area contributed by atoms with Crippen LogP contribution < -0.4 is 14.2 Å². The topological polar surface area (TPSA) is 65.0 Å². The molecule has 0 aliphatic heterocycles. The molecule has 1 N–H and O–H groups in total. The Bertz CT molecular complexity index is 846. The fraction of sp³-hybridized carbons (Fsp3) is 0.480. The number of hydrogen-bond donors (Lipinski definition) is 1. The van der Waals surface area contributed by atoms with E-state index in [4.69, 9.17) is 14.2 Å². The third-order valence-electron chi connectivity index (χ3n) is 5.62. The van der Waals surface area contributed by atoms with Crippen molar-refractivity contribution in [2.45, 2.75) is 57.8 Å². The number of ether oxygens (including phenoxy) is 3. The van der Waals surface area contributed by atoms with Crippen LogP contribution in [-0.4, -0.2) is 40.5 Å². The number of aryl methyl sites for hydroxylation is 1. The summed E-state index contributed by atoms with van der Waals surface area (Å²) in [7, 11) is 2.38. The normalized spacial score (nSPS) is 12.0.